The molecule has 9 heteroatoms. The number of nitrogens with zero attached hydrogens (tertiary/aromatic N) is 4. The number of benzene rings is 1. The van der Waals surface area contributed by atoms with E-state index in [-0.39, 0.29) is 22.6 Å². The molecule has 0 atom stereocenters. The van der Waals surface area contributed by atoms with E-state index in [4.69, 9.17) is 4.74 Å². The van der Waals surface area contributed by atoms with E-state index >= 15 is 0 Å². The average molecular weight is 429 g/mol. The molecule has 0 aliphatic rings. The number of rotatable bonds is 7. The van der Waals surface area contributed by atoms with Crippen LogP contribution in [0, 0.1) is 5.92 Å². The molecule has 0 aliphatic carbocycles. The lowest BCUT2D eigenvalue weighted by Gasteiger charge is -2.12. The molecule has 0 amide bonds. The van der Waals surface area contributed by atoms with E-state index in [1.807, 2.05) is 13.8 Å². The second-order valence-electron chi connectivity index (χ2n) is 7.39. The average Bonchev–Trinajstić information content (AvgIpc) is 2.73. The summed E-state index contributed by atoms with van der Waals surface area (Å²) in [6.45, 7) is 4.08. The Bertz CT molecular complexity index is 1210. The van der Waals surface area contributed by atoms with Gasteiger partial charge in [0.25, 0.3) is 5.56 Å². The Kier molecular flexibility index (Phi) is 6.40. The minimum atomic E-state index is -0.469. The van der Waals surface area contributed by atoms with Crippen LogP contribution in [0.3, 0.4) is 0 Å². The quantitative estimate of drug-likeness (QED) is 0.323. The van der Waals surface area contributed by atoms with Crippen molar-refractivity contribution in [1.82, 2.24) is 19.1 Å². The summed E-state index contributed by atoms with van der Waals surface area (Å²) in [5, 5.41) is 0.661. The van der Waals surface area contributed by atoms with Crippen molar-refractivity contribution >= 4 is 28.6 Å². The minimum Gasteiger partial charge on any atom is -0.497 e. The maximum Gasteiger partial charge on any atom is 0.332 e. The van der Waals surface area contributed by atoms with Gasteiger partial charge in [0.2, 0.25) is 0 Å². The van der Waals surface area contributed by atoms with E-state index in [1.54, 1.807) is 38.4 Å². The number of thioether (sulfide) groups is 1. The van der Waals surface area contributed by atoms with Crippen LogP contribution in [0.1, 0.15) is 30.0 Å². The van der Waals surface area contributed by atoms with E-state index in [0.29, 0.717) is 34.5 Å². The van der Waals surface area contributed by atoms with Crippen molar-refractivity contribution in [2.45, 2.75) is 25.3 Å². The van der Waals surface area contributed by atoms with E-state index in [0.717, 1.165) is 4.57 Å². The Balaban J connectivity index is 2.03. The van der Waals surface area contributed by atoms with Gasteiger partial charge < -0.3 is 4.74 Å². The molecule has 0 fully saturated rings. The third-order valence-electron chi connectivity index (χ3n) is 4.66. The SMILES string of the molecule is COc1ccc(C(=O)CSc2nc(CC(C)C)nc3c2c(=O)n(C)c(=O)n3C)cc1. The van der Waals surface area contributed by atoms with E-state index in [9.17, 15) is 14.4 Å². The fourth-order valence-corrected chi connectivity index (χ4v) is 3.95. The third kappa shape index (κ3) is 4.30. The molecule has 2 heterocycles. The number of ketones is 1. The monoisotopic (exact) mass is 428 g/mol. The first-order valence-corrected chi connectivity index (χ1v) is 10.5. The summed E-state index contributed by atoms with van der Waals surface area (Å²) in [4.78, 5) is 46.8. The predicted molar refractivity (Wildman–Crippen MR) is 117 cm³/mol. The van der Waals surface area contributed by atoms with Gasteiger partial charge in [0.1, 0.15) is 22.0 Å². The number of methoxy groups -OCH3 is 1. The summed E-state index contributed by atoms with van der Waals surface area (Å²) >= 11 is 1.18. The van der Waals surface area contributed by atoms with Crippen molar-refractivity contribution in [2.75, 3.05) is 12.9 Å². The van der Waals surface area contributed by atoms with Crippen LogP contribution in [0.4, 0.5) is 0 Å². The smallest absolute Gasteiger partial charge is 0.332 e. The maximum absolute atomic E-state index is 12.8. The molecule has 0 saturated heterocycles. The first kappa shape index (κ1) is 21.8. The highest BCUT2D eigenvalue weighted by molar-refractivity contribution is 8.00. The number of ether oxygens (including phenoxy) is 1. The fraction of sp³-hybridized carbons (Fsp3) is 0.381. The number of hydrogen-bond donors (Lipinski definition) is 0. The number of fused-ring (bicyclic) bond motifs is 1. The van der Waals surface area contributed by atoms with Crippen molar-refractivity contribution in [3.63, 3.8) is 0 Å². The number of hydrogen-bond acceptors (Lipinski definition) is 7. The number of Topliss-reactive ketones (excluding diaryl/α,β-unsaturated/α-hetero) is 1. The zero-order valence-electron chi connectivity index (χ0n) is 17.6. The molecule has 2 aromatic heterocycles. The van der Waals surface area contributed by atoms with Crippen molar-refractivity contribution in [3.8, 4) is 5.75 Å². The minimum absolute atomic E-state index is 0.0959. The van der Waals surface area contributed by atoms with Crippen LogP contribution in [-0.4, -0.2) is 37.7 Å². The Morgan fingerprint density at radius 2 is 1.77 bits per heavy atom. The molecule has 0 spiro atoms. The Morgan fingerprint density at radius 3 is 2.37 bits per heavy atom. The fourth-order valence-electron chi connectivity index (χ4n) is 3.03. The number of aromatic nitrogens is 4. The molecule has 30 heavy (non-hydrogen) atoms. The predicted octanol–water partition coefficient (Wildman–Crippen LogP) is 2.21. The van der Waals surface area contributed by atoms with Crippen molar-refractivity contribution in [2.24, 2.45) is 20.0 Å². The van der Waals surface area contributed by atoms with Crippen LogP contribution in [0.15, 0.2) is 38.9 Å². The van der Waals surface area contributed by atoms with Gasteiger partial charge >= 0.3 is 5.69 Å². The van der Waals surface area contributed by atoms with Crippen LogP contribution in [0.25, 0.3) is 11.0 Å². The van der Waals surface area contributed by atoms with Gasteiger partial charge in [0.05, 0.1) is 12.9 Å². The van der Waals surface area contributed by atoms with Crippen LogP contribution < -0.4 is 16.0 Å². The summed E-state index contributed by atoms with van der Waals surface area (Å²) in [7, 11) is 4.56. The number of aryl methyl sites for hydroxylation is 1. The van der Waals surface area contributed by atoms with Crippen molar-refractivity contribution < 1.29 is 9.53 Å². The first-order valence-electron chi connectivity index (χ1n) is 9.49. The molecule has 0 bridgehead atoms. The molecule has 158 valence electrons. The summed E-state index contributed by atoms with van der Waals surface area (Å²) in [6.07, 6.45) is 0.597. The lowest BCUT2D eigenvalue weighted by atomic mass is 10.1. The van der Waals surface area contributed by atoms with E-state index in [2.05, 4.69) is 9.97 Å². The lowest BCUT2D eigenvalue weighted by Crippen LogP contribution is -2.38. The zero-order chi connectivity index (χ0) is 22.0. The molecule has 8 nitrogen and oxygen atoms in total. The molecule has 0 radical (unpaired) electrons. The number of carbonyl (C=O) groups is 1. The summed E-state index contributed by atoms with van der Waals surface area (Å²) in [6, 6.07) is 6.86. The van der Waals surface area contributed by atoms with Crippen LogP contribution in [0.5, 0.6) is 5.75 Å². The largest absolute Gasteiger partial charge is 0.497 e. The molecule has 0 aliphatic heterocycles. The van der Waals surface area contributed by atoms with Gasteiger partial charge in [-0.1, -0.05) is 25.6 Å². The van der Waals surface area contributed by atoms with Crippen molar-refractivity contribution in [3.05, 3.63) is 56.5 Å². The summed E-state index contributed by atoms with van der Waals surface area (Å²) < 4.78 is 7.49. The van der Waals surface area contributed by atoms with Gasteiger partial charge in [-0.25, -0.2) is 14.8 Å². The summed E-state index contributed by atoms with van der Waals surface area (Å²) in [5.41, 5.74) is -0.0898. The maximum atomic E-state index is 12.8. The van der Waals surface area contributed by atoms with Gasteiger partial charge in [-0.3, -0.25) is 18.7 Å². The molecule has 0 unspecified atom stereocenters. The van der Waals surface area contributed by atoms with E-state index in [1.165, 1.54) is 23.4 Å². The lowest BCUT2D eigenvalue weighted by molar-refractivity contribution is 0.102. The van der Waals surface area contributed by atoms with Gasteiger partial charge in [0.15, 0.2) is 11.4 Å². The van der Waals surface area contributed by atoms with Gasteiger partial charge in [-0.15, -0.1) is 0 Å². The Labute approximate surface area is 177 Å². The topological polar surface area (TPSA) is 96.1 Å². The molecule has 3 rings (SSSR count). The standard InChI is InChI=1S/C21H24N4O4S/c1-12(2)10-16-22-18-17(20(27)25(4)21(28)24(18)3)19(23-16)30-11-15(26)13-6-8-14(29-5)9-7-13/h6-9,12H,10-11H2,1-5H3. The highest BCUT2D eigenvalue weighted by Gasteiger charge is 2.19. The molecule has 1 aromatic carbocycles. The zero-order valence-corrected chi connectivity index (χ0v) is 18.4. The molecular weight excluding hydrogens is 404 g/mol. The molecule has 0 N–H and O–H groups in total. The van der Waals surface area contributed by atoms with Crippen LogP contribution in [0.2, 0.25) is 0 Å². The molecule has 3 aromatic rings. The third-order valence-corrected chi connectivity index (χ3v) is 5.63. The molecular formula is C21H24N4O4S. The normalized spacial score (nSPS) is 11.3. The van der Waals surface area contributed by atoms with Crippen LogP contribution >= 0.6 is 11.8 Å². The van der Waals surface area contributed by atoms with Gasteiger partial charge in [0, 0.05) is 26.1 Å². The van der Waals surface area contributed by atoms with Crippen LogP contribution in [-0.2, 0) is 20.5 Å². The van der Waals surface area contributed by atoms with Gasteiger partial charge in [-0.05, 0) is 30.2 Å². The molecule has 0 saturated carbocycles. The highest BCUT2D eigenvalue weighted by atomic mass is 32.2. The number of carbonyl (C=O) groups excluding carboxylic acids is 1. The van der Waals surface area contributed by atoms with E-state index < -0.39 is 11.2 Å². The van der Waals surface area contributed by atoms with Gasteiger partial charge in [-0.2, -0.15) is 0 Å². The second kappa shape index (κ2) is 8.83. The second-order valence-corrected chi connectivity index (χ2v) is 8.35. The Morgan fingerprint density at radius 1 is 1.10 bits per heavy atom. The first-order chi connectivity index (χ1) is 14.2. The highest BCUT2D eigenvalue weighted by Crippen LogP contribution is 2.24. The van der Waals surface area contributed by atoms with Crippen molar-refractivity contribution in [1.29, 1.82) is 0 Å². The Hall–Kier alpha value is -2.94. The summed E-state index contributed by atoms with van der Waals surface area (Å²) in [5.74, 6) is 1.51.